The molecule has 0 spiro atoms. The van der Waals surface area contributed by atoms with Gasteiger partial charge in [-0.1, -0.05) is 11.3 Å². The van der Waals surface area contributed by atoms with Crippen molar-refractivity contribution in [2.75, 3.05) is 17.3 Å². The summed E-state index contributed by atoms with van der Waals surface area (Å²) >= 11 is 1.20. The summed E-state index contributed by atoms with van der Waals surface area (Å²) in [5.74, 6) is -0.0961. The second-order valence-corrected chi connectivity index (χ2v) is 7.36. The number of aryl methyl sites for hydroxylation is 1. The number of ketones is 1. The van der Waals surface area contributed by atoms with Gasteiger partial charge in [0.1, 0.15) is 18.1 Å². The molecular weight excluding hydrogens is 357 g/mol. The van der Waals surface area contributed by atoms with Gasteiger partial charge >= 0.3 is 0 Å². The number of hydrogen-bond donors (Lipinski definition) is 1. The van der Waals surface area contributed by atoms with Crippen molar-refractivity contribution in [2.24, 2.45) is 0 Å². The average molecular weight is 373 g/mol. The van der Waals surface area contributed by atoms with Crippen molar-refractivity contribution in [3.63, 3.8) is 0 Å². The molecular formula is C17H16FN5O2S. The summed E-state index contributed by atoms with van der Waals surface area (Å²) in [6.45, 7) is 3.43. The normalized spacial score (nSPS) is 16.4. The number of carbonyl (C=O) groups is 2. The number of nitrogens with zero attached hydrogens (tertiary/aromatic N) is 4. The molecule has 9 heteroatoms. The Morgan fingerprint density at radius 3 is 2.96 bits per heavy atom. The van der Waals surface area contributed by atoms with Crippen molar-refractivity contribution in [1.82, 2.24) is 14.5 Å². The molecule has 3 aromatic rings. The van der Waals surface area contributed by atoms with Crippen LogP contribution in [-0.2, 0) is 11.3 Å². The molecule has 1 amide bonds. The highest BCUT2D eigenvalue weighted by molar-refractivity contribution is 7.22. The predicted molar refractivity (Wildman–Crippen MR) is 97.4 cm³/mol. The van der Waals surface area contributed by atoms with E-state index in [2.05, 4.69) is 15.3 Å². The van der Waals surface area contributed by atoms with Crippen LogP contribution in [0.25, 0.3) is 10.2 Å². The van der Waals surface area contributed by atoms with E-state index in [1.807, 2.05) is 0 Å². The molecule has 1 atom stereocenters. The van der Waals surface area contributed by atoms with Crippen molar-refractivity contribution in [1.29, 1.82) is 0 Å². The molecule has 7 nitrogen and oxygen atoms in total. The number of fused-ring (bicyclic) bond motifs is 2. The summed E-state index contributed by atoms with van der Waals surface area (Å²) in [6, 6.07) is 2.77. The number of nitrogens with one attached hydrogen (secondary N) is 1. The molecule has 1 unspecified atom stereocenters. The number of hydrogen-bond acceptors (Lipinski definition) is 6. The number of benzene rings is 1. The molecule has 134 valence electrons. The fourth-order valence-corrected chi connectivity index (χ4v) is 3.87. The van der Waals surface area contributed by atoms with Crippen molar-refractivity contribution >= 4 is 44.2 Å². The van der Waals surface area contributed by atoms with Crippen LogP contribution in [0.4, 0.5) is 15.3 Å². The number of Topliss-reactive ketones (excluding diaryl/α,β-unsaturated/α-hetero) is 1. The smallest absolute Gasteiger partial charge is 0.246 e. The standard InChI is InChI=1S/C17H16FN5O2S/c1-8-4-11-12(5-10(8)18)26-17(20-11)21-13(24)6-23-7-19-16-14(23)15(25)9(2)22(16)3/h4-5,7,9H,6H2,1-3H3,(H,20,21,24). The van der Waals surface area contributed by atoms with Crippen LogP contribution >= 0.6 is 11.3 Å². The third-order valence-electron chi connectivity index (χ3n) is 4.58. The average Bonchev–Trinajstić information content (AvgIpc) is 3.21. The fourth-order valence-electron chi connectivity index (χ4n) is 2.98. The third-order valence-corrected chi connectivity index (χ3v) is 5.51. The number of likely N-dealkylation sites (N-methyl/N-ethyl adjacent to an activating group) is 1. The topological polar surface area (TPSA) is 80.1 Å². The van der Waals surface area contributed by atoms with E-state index in [0.717, 1.165) is 0 Å². The van der Waals surface area contributed by atoms with Crippen LogP contribution < -0.4 is 10.2 Å². The molecule has 4 rings (SSSR count). The van der Waals surface area contributed by atoms with Gasteiger partial charge in [-0.05, 0) is 31.5 Å². The molecule has 3 heterocycles. The Hall–Kier alpha value is -2.81. The lowest BCUT2D eigenvalue weighted by Crippen LogP contribution is -2.29. The van der Waals surface area contributed by atoms with E-state index in [4.69, 9.17) is 0 Å². The lowest BCUT2D eigenvalue weighted by molar-refractivity contribution is -0.116. The quantitative estimate of drug-likeness (QED) is 0.763. The van der Waals surface area contributed by atoms with Crippen molar-refractivity contribution in [3.8, 4) is 0 Å². The lowest BCUT2D eigenvalue weighted by Gasteiger charge is -2.14. The molecule has 1 aliphatic heterocycles. The first kappa shape index (κ1) is 16.6. The number of carbonyl (C=O) groups excluding carboxylic acids is 2. The summed E-state index contributed by atoms with van der Waals surface area (Å²) in [4.78, 5) is 35.0. The molecule has 0 fully saturated rings. The number of amides is 1. The van der Waals surface area contributed by atoms with Gasteiger partial charge in [0.05, 0.1) is 22.6 Å². The Bertz CT molecular complexity index is 1020. The van der Waals surface area contributed by atoms with Gasteiger partial charge < -0.3 is 14.8 Å². The van der Waals surface area contributed by atoms with E-state index in [-0.39, 0.29) is 30.1 Å². The number of imidazole rings is 1. The van der Waals surface area contributed by atoms with Gasteiger partial charge in [0.15, 0.2) is 10.9 Å². The summed E-state index contributed by atoms with van der Waals surface area (Å²) in [5, 5.41) is 3.10. The zero-order chi connectivity index (χ0) is 18.6. The maximum Gasteiger partial charge on any atom is 0.246 e. The minimum atomic E-state index is -0.323. The van der Waals surface area contributed by atoms with Crippen molar-refractivity contribution in [3.05, 3.63) is 35.5 Å². The summed E-state index contributed by atoms with van der Waals surface area (Å²) < 4.78 is 15.9. The maximum absolute atomic E-state index is 13.6. The summed E-state index contributed by atoms with van der Waals surface area (Å²) in [5.41, 5.74) is 1.59. The molecule has 1 N–H and O–H groups in total. The Morgan fingerprint density at radius 2 is 2.19 bits per heavy atom. The van der Waals surface area contributed by atoms with Gasteiger partial charge in [0.2, 0.25) is 11.7 Å². The molecule has 0 saturated carbocycles. The van der Waals surface area contributed by atoms with E-state index in [0.29, 0.717) is 32.4 Å². The highest BCUT2D eigenvalue weighted by Crippen LogP contribution is 2.30. The van der Waals surface area contributed by atoms with E-state index in [1.165, 1.54) is 23.7 Å². The summed E-state index contributed by atoms with van der Waals surface area (Å²) in [7, 11) is 1.80. The monoisotopic (exact) mass is 373 g/mol. The number of aromatic nitrogens is 3. The Labute approximate surface area is 152 Å². The second kappa shape index (κ2) is 5.87. The Morgan fingerprint density at radius 1 is 1.42 bits per heavy atom. The zero-order valence-electron chi connectivity index (χ0n) is 14.4. The van der Waals surface area contributed by atoms with E-state index >= 15 is 0 Å². The van der Waals surface area contributed by atoms with Crippen LogP contribution in [0.1, 0.15) is 23.0 Å². The predicted octanol–water partition coefficient (Wildman–Crippen LogP) is 2.60. The lowest BCUT2D eigenvalue weighted by atomic mass is 10.2. The minimum absolute atomic E-state index is 0.0437. The Kier molecular flexibility index (Phi) is 3.76. The zero-order valence-corrected chi connectivity index (χ0v) is 15.2. The second-order valence-electron chi connectivity index (χ2n) is 6.33. The van der Waals surface area contributed by atoms with Crippen molar-refractivity contribution in [2.45, 2.75) is 26.4 Å². The largest absolute Gasteiger partial charge is 0.348 e. The molecule has 1 aromatic carbocycles. The molecule has 0 saturated heterocycles. The first-order valence-electron chi connectivity index (χ1n) is 8.04. The highest BCUT2D eigenvalue weighted by Gasteiger charge is 2.36. The van der Waals surface area contributed by atoms with Gasteiger partial charge in [-0.2, -0.15) is 0 Å². The number of anilines is 2. The van der Waals surface area contributed by atoms with Crippen LogP contribution in [0.15, 0.2) is 18.5 Å². The molecule has 2 aromatic heterocycles. The van der Waals surface area contributed by atoms with Gasteiger partial charge in [-0.15, -0.1) is 0 Å². The minimum Gasteiger partial charge on any atom is -0.348 e. The van der Waals surface area contributed by atoms with Gasteiger partial charge in [-0.25, -0.2) is 14.4 Å². The molecule has 0 aliphatic carbocycles. The fraction of sp³-hybridized carbons (Fsp3) is 0.294. The SMILES string of the molecule is Cc1cc2nc(NC(=O)Cn3cnc4c3C(=O)C(C)N4C)sc2cc1F. The van der Waals surface area contributed by atoms with Crippen LogP contribution in [0.3, 0.4) is 0 Å². The first-order valence-corrected chi connectivity index (χ1v) is 8.85. The van der Waals surface area contributed by atoms with Gasteiger partial charge in [-0.3, -0.25) is 9.59 Å². The number of rotatable bonds is 3. The Balaban J connectivity index is 1.54. The molecule has 0 radical (unpaired) electrons. The molecule has 0 bridgehead atoms. The van der Waals surface area contributed by atoms with Gasteiger partial charge in [0.25, 0.3) is 0 Å². The van der Waals surface area contributed by atoms with E-state index in [9.17, 15) is 14.0 Å². The van der Waals surface area contributed by atoms with Crippen molar-refractivity contribution < 1.29 is 14.0 Å². The maximum atomic E-state index is 13.6. The highest BCUT2D eigenvalue weighted by atomic mass is 32.1. The molecule has 26 heavy (non-hydrogen) atoms. The number of thiazole rings is 1. The van der Waals surface area contributed by atoms with E-state index < -0.39 is 0 Å². The van der Waals surface area contributed by atoms with Crippen LogP contribution in [0, 0.1) is 12.7 Å². The summed E-state index contributed by atoms with van der Waals surface area (Å²) in [6.07, 6.45) is 1.49. The third kappa shape index (κ3) is 2.55. The number of halogens is 1. The first-order chi connectivity index (χ1) is 12.3. The van der Waals surface area contributed by atoms with Gasteiger partial charge in [0, 0.05) is 7.05 Å². The van der Waals surface area contributed by atoms with Crippen LogP contribution in [0.5, 0.6) is 0 Å². The van der Waals surface area contributed by atoms with E-state index in [1.54, 1.807) is 36.4 Å². The van der Waals surface area contributed by atoms with Crippen LogP contribution in [0.2, 0.25) is 0 Å². The van der Waals surface area contributed by atoms with Crippen LogP contribution in [-0.4, -0.2) is 39.3 Å². The molecule has 1 aliphatic rings.